The molecule has 0 aliphatic carbocycles. The highest BCUT2D eigenvalue weighted by atomic mass is 16.5. The van der Waals surface area contributed by atoms with E-state index in [2.05, 4.69) is 10.5 Å². The van der Waals surface area contributed by atoms with Crippen LogP contribution in [0, 0.1) is 0 Å². The molecule has 0 aromatic heterocycles. The van der Waals surface area contributed by atoms with Gasteiger partial charge in [-0.25, -0.2) is 5.43 Å². The summed E-state index contributed by atoms with van der Waals surface area (Å²) in [7, 11) is 1.66. The molecule has 0 saturated heterocycles. The van der Waals surface area contributed by atoms with Crippen LogP contribution in [0.2, 0.25) is 0 Å². The third-order valence-electron chi connectivity index (χ3n) is 3.96. The van der Waals surface area contributed by atoms with Crippen LogP contribution in [0.5, 0.6) is 5.75 Å². The average Bonchev–Trinajstić information content (AvgIpc) is 2.66. The Morgan fingerprint density at radius 2 is 1.80 bits per heavy atom. The normalized spacial score (nSPS) is 10.9. The van der Waals surface area contributed by atoms with Crippen LogP contribution in [0.15, 0.2) is 71.8 Å². The van der Waals surface area contributed by atoms with Crippen molar-refractivity contribution >= 4 is 22.9 Å². The highest BCUT2D eigenvalue weighted by Crippen LogP contribution is 2.21. The van der Waals surface area contributed by atoms with Gasteiger partial charge in [0.05, 0.1) is 13.3 Å². The number of ether oxygens (including phenoxy) is 1. The van der Waals surface area contributed by atoms with Crippen molar-refractivity contribution in [3.63, 3.8) is 0 Å². The third kappa shape index (κ3) is 4.67. The maximum absolute atomic E-state index is 11.9. The predicted octanol–water partition coefficient (Wildman–Crippen LogP) is 3.93. The number of carbonyl (C=O) groups is 1. The van der Waals surface area contributed by atoms with Crippen LogP contribution in [0.4, 0.5) is 0 Å². The van der Waals surface area contributed by atoms with E-state index in [-0.39, 0.29) is 5.91 Å². The molecule has 1 amide bonds. The fraction of sp³-hybridized carbons (Fsp3) is 0.143. The molecule has 0 saturated carbocycles. The highest BCUT2D eigenvalue weighted by molar-refractivity contribution is 5.91. The Morgan fingerprint density at radius 1 is 1.04 bits per heavy atom. The molecule has 0 spiro atoms. The van der Waals surface area contributed by atoms with Gasteiger partial charge >= 0.3 is 0 Å². The molecule has 0 heterocycles. The molecule has 3 rings (SSSR count). The Bertz CT molecular complexity index is 889. The fourth-order valence-electron chi connectivity index (χ4n) is 2.59. The Kier molecular flexibility index (Phi) is 5.42. The maximum atomic E-state index is 11.9. The predicted molar refractivity (Wildman–Crippen MR) is 101 cm³/mol. The molecular formula is C21H20N2O2. The molecule has 126 valence electrons. The van der Waals surface area contributed by atoms with Crippen LogP contribution in [-0.4, -0.2) is 19.2 Å². The van der Waals surface area contributed by atoms with Crippen LogP contribution < -0.4 is 10.2 Å². The zero-order valence-corrected chi connectivity index (χ0v) is 14.1. The number of hydrazone groups is 1. The summed E-state index contributed by atoms with van der Waals surface area (Å²) in [4.78, 5) is 11.9. The van der Waals surface area contributed by atoms with E-state index in [4.69, 9.17) is 4.74 Å². The Labute approximate surface area is 147 Å². The number of amides is 1. The first-order valence-corrected chi connectivity index (χ1v) is 8.18. The second kappa shape index (κ2) is 8.11. The van der Waals surface area contributed by atoms with E-state index in [0.717, 1.165) is 27.6 Å². The van der Waals surface area contributed by atoms with E-state index >= 15 is 0 Å². The van der Waals surface area contributed by atoms with Gasteiger partial charge in [0.15, 0.2) is 0 Å². The SMILES string of the molecule is COc1ccc2cc(C=NNC(=O)CCc3ccccc3)ccc2c1. The monoisotopic (exact) mass is 332 g/mol. The first kappa shape index (κ1) is 16.7. The number of aryl methyl sites for hydroxylation is 1. The van der Waals surface area contributed by atoms with Gasteiger partial charge in [0.2, 0.25) is 5.91 Å². The molecule has 0 aliphatic rings. The van der Waals surface area contributed by atoms with Crippen LogP contribution in [0.1, 0.15) is 17.5 Å². The summed E-state index contributed by atoms with van der Waals surface area (Å²) in [6.45, 7) is 0. The third-order valence-corrected chi connectivity index (χ3v) is 3.96. The van der Waals surface area contributed by atoms with Crippen LogP contribution in [-0.2, 0) is 11.2 Å². The highest BCUT2D eigenvalue weighted by Gasteiger charge is 2.01. The van der Waals surface area contributed by atoms with Crippen molar-refractivity contribution in [3.05, 3.63) is 77.9 Å². The van der Waals surface area contributed by atoms with Gasteiger partial charge in [0.25, 0.3) is 0 Å². The van der Waals surface area contributed by atoms with E-state index in [9.17, 15) is 4.79 Å². The van der Waals surface area contributed by atoms with Gasteiger partial charge in [-0.2, -0.15) is 5.10 Å². The van der Waals surface area contributed by atoms with E-state index < -0.39 is 0 Å². The van der Waals surface area contributed by atoms with Crippen molar-refractivity contribution in [2.45, 2.75) is 12.8 Å². The first-order chi connectivity index (χ1) is 12.2. The lowest BCUT2D eigenvalue weighted by Crippen LogP contribution is -2.17. The molecule has 3 aromatic rings. The summed E-state index contributed by atoms with van der Waals surface area (Å²) in [5, 5.41) is 6.24. The fourth-order valence-corrected chi connectivity index (χ4v) is 2.59. The molecule has 4 heteroatoms. The van der Waals surface area contributed by atoms with Crippen LogP contribution >= 0.6 is 0 Å². The van der Waals surface area contributed by atoms with Crippen molar-refractivity contribution in [2.24, 2.45) is 5.10 Å². The second-order valence-corrected chi connectivity index (χ2v) is 5.75. The summed E-state index contributed by atoms with van der Waals surface area (Å²) in [5.41, 5.74) is 4.65. The van der Waals surface area contributed by atoms with E-state index in [1.807, 2.05) is 66.7 Å². The molecule has 1 N–H and O–H groups in total. The topological polar surface area (TPSA) is 50.7 Å². The van der Waals surface area contributed by atoms with Crippen LogP contribution in [0.25, 0.3) is 10.8 Å². The van der Waals surface area contributed by atoms with E-state index in [0.29, 0.717) is 12.8 Å². The zero-order chi connectivity index (χ0) is 17.5. The molecule has 0 atom stereocenters. The Hall–Kier alpha value is -3.14. The molecule has 0 bridgehead atoms. The van der Waals surface area contributed by atoms with Crippen molar-refractivity contribution < 1.29 is 9.53 Å². The van der Waals surface area contributed by atoms with Gasteiger partial charge in [-0.1, -0.05) is 48.5 Å². The van der Waals surface area contributed by atoms with Crippen molar-refractivity contribution in [2.75, 3.05) is 7.11 Å². The molecule has 4 nitrogen and oxygen atoms in total. The molecule has 0 fully saturated rings. The lowest BCUT2D eigenvalue weighted by atomic mass is 10.1. The Morgan fingerprint density at radius 3 is 2.60 bits per heavy atom. The molecule has 0 aliphatic heterocycles. The number of rotatable bonds is 6. The summed E-state index contributed by atoms with van der Waals surface area (Å²) in [5.74, 6) is 0.741. The summed E-state index contributed by atoms with van der Waals surface area (Å²) in [6.07, 6.45) is 2.78. The van der Waals surface area contributed by atoms with E-state index in [1.165, 1.54) is 0 Å². The number of carbonyl (C=O) groups excluding carboxylic acids is 1. The van der Waals surface area contributed by atoms with Gasteiger partial charge in [0.1, 0.15) is 5.75 Å². The molecule has 0 unspecified atom stereocenters. The largest absolute Gasteiger partial charge is 0.497 e. The average molecular weight is 332 g/mol. The summed E-state index contributed by atoms with van der Waals surface area (Å²) < 4.78 is 5.22. The van der Waals surface area contributed by atoms with Gasteiger partial charge in [-0.15, -0.1) is 0 Å². The minimum absolute atomic E-state index is 0.0920. The van der Waals surface area contributed by atoms with Crippen LogP contribution in [0.3, 0.4) is 0 Å². The van der Waals surface area contributed by atoms with Gasteiger partial charge in [-0.05, 0) is 46.5 Å². The van der Waals surface area contributed by atoms with Gasteiger partial charge < -0.3 is 4.74 Å². The smallest absolute Gasteiger partial charge is 0.240 e. The second-order valence-electron chi connectivity index (χ2n) is 5.75. The van der Waals surface area contributed by atoms with E-state index in [1.54, 1.807) is 13.3 Å². The standard InChI is InChI=1S/C21H20N2O2/c1-25-20-11-10-18-13-17(7-9-19(18)14-20)15-22-23-21(24)12-8-16-5-3-2-4-6-16/h2-7,9-11,13-15H,8,12H2,1H3,(H,23,24). The van der Waals surface area contributed by atoms with Crippen molar-refractivity contribution in [1.82, 2.24) is 5.43 Å². The Balaban J connectivity index is 1.56. The first-order valence-electron chi connectivity index (χ1n) is 8.18. The molecule has 0 radical (unpaired) electrons. The quantitative estimate of drug-likeness (QED) is 0.549. The summed E-state index contributed by atoms with van der Waals surface area (Å²) >= 11 is 0. The molecule has 25 heavy (non-hydrogen) atoms. The lowest BCUT2D eigenvalue weighted by Gasteiger charge is -2.03. The lowest BCUT2D eigenvalue weighted by molar-refractivity contribution is -0.121. The minimum Gasteiger partial charge on any atom is -0.497 e. The number of benzene rings is 3. The summed E-state index contributed by atoms with van der Waals surface area (Å²) in [6, 6.07) is 21.8. The molecular weight excluding hydrogens is 312 g/mol. The number of fused-ring (bicyclic) bond motifs is 1. The van der Waals surface area contributed by atoms with Crippen molar-refractivity contribution in [3.8, 4) is 5.75 Å². The van der Waals surface area contributed by atoms with Gasteiger partial charge in [0, 0.05) is 6.42 Å². The zero-order valence-electron chi connectivity index (χ0n) is 14.1. The van der Waals surface area contributed by atoms with Gasteiger partial charge in [-0.3, -0.25) is 4.79 Å². The number of methoxy groups -OCH3 is 1. The van der Waals surface area contributed by atoms with Crippen molar-refractivity contribution in [1.29, 1.82) is 0 Å². The number of nitrogens with one attached hydrogen (secondary N) is 1. The minimum atomic E-state index is -0.0920. The maximum Gasteiger partial charge on any atom is 0.240 e. The molecule has 3 aromatic carbocycles. The number of hydrogen-bond acceptors (Lipinski definition) is 3. The number of nitrogens with zero attached hydrogens (tertiary/aromatic N) is 1. The number of hydrogen-bond donors (Lipinski definition) is 1.